The lowest BCUT2D eigenvalue weighted by molar-refractivity contribution is -0.133. The summed E-state index contributed by atoms with van der Waals surface area (Å²) in [5.74, 6) is 1.62. The van der Waals surface area contributed by atoms with Gasteiger partial charge < -0.3 is 9.88 Å². The number of rotatable bonds is 3. The van der Waals surface area contributed by atoms with Crippen LogP contribution < -0.4 is 0 Å². The third-order valence-electron chi connectivity index (χ3n) is 5.25. The van der Waals surface area contributed by atoms with E-state index in [0.29, 0.717) is 12.5 Å². The highest BCUT2D eigenvalue weighted by Gasteiger charge is 2.27. The first kappa shape index (κ1) is 15.4. The highest BCUT2D eigenvalue weighted by molar-refractivity contribution is 5.78. The monoisotopic (exact) mass is 324 g/mol. The second-order valence-electron chi connectivity index (χ2n) is 6.88. The SMILES string of the molecule is O=C(CN1CCc2ccccc2C1)N1CCC[C@H](c2ncc[nH]2)C1. The number of nitrogens with one attached hydrogen (secondary N) is 1. The third-order valence-corrected chi connectivity index (χ3v) is 5.25. The highest BCUT2D eigenvalue weighted by Crippen LogP contribution is 2.25. The van der Waals surface area contributed by atoms with Crippen LogP contribution in [0.25, 0.3) is 0 Å². The van der Waals surface area contributed by atoms with Gasteiger partial charge in [0.1, 0.15) is 5.82 Å². The first-order valence-corrected chi connectivity index (χ1v) is 8.86. The molecule has 0 aliphatic carbocycles. The maximum Gasteiger partial charge on any atom is 0.236 e. The van der Waals surface area contributed by atoms with Crippen molar-refractivity contribution in [2.45, 2.75) is 31.7 Å². The molecule has 1 aromatic carbocycles. The van der Waals surface area contributed by atoms with Gasteiger partial charge in [-0.25, -0.2) is 4.98 Å². The zero-order valence-corrected chi connectivity index (χ0v) is 13.9. The summed E-state index contributed by atoms with van der Waals surface area (Å²) in [6.07, 6.45) is 6.86. The number of likely N-dealkylation sites (tertiary alicyclic amines) is 1. The molecular formula is C19H24N4O. The van der Waals surface area contributed by atoms with Crippen LogP contribution in [0, 0.1) is 0 Å². The zero-order valence-electron chi connectivity index (χ0n) is 13.9. The minimum absolute atomic E-state index is 0.255. The molecule has 1 amide bonds. The summed E-state index contributed by atoms with van der Waals surface area (Å²) < 4.78 is 0. The van der Waals surface area contributed by atoms with Gasteiger partial charge in [0.2, 0.25) is 5.91 Å². The van der Waals surface area contributed by atoms with Crippen molar-refractivity contribution in [2.75, 3.05) is 26.2 Å². The molecule has 0 spiro atoms. The second kappa shape index (κ2) is 6.77. The molecule has 5 heteroatoms. The predicted octanol–water partition coefficient (Wildman–Crippen LogP) is 2.17. The Morgan fingerprint density at radius 2 is 2.12 bits per heavy atom. The summed E-state index contributed by atoms with van der Waals surface area (Å²) in [5, 5.41) is 0. The Labute approximate surface area is 142 Å². The van der Waals surface area contributed by atoms with Gasteiger partial charge >= 0.3 is 0 Å². The normalized spacial score (nSPS) is 21.5. The number of fused-ring (bicyclic) bond motifs is 1. The molecular weight excluding hydrogens is 300 g/mol. The number of imidazole rings is 1. The number of hydrogen-bond donors (Lipinski definition) is 1. The van der Waals surface area contributed by atoms with Crippen molar-refractivity contribution >= 4 is 5.91 Å². The number of H-pyrrole nitrogens is 1. The molecule has 5 nitrogen and oxygen atoms in total. The average Bonchev–Trinajstić information content (AvgIpc) is 3.16. The number of piperidine rings is 1. The van der Waals surface area contributed by atoms with Gasteiger partial charge in [0.15, 0.2) is 0 Å². The van der Waals surface area contributed by atoms with Gasteiger partial charge in [0.25, 0.3) is 0 Å². The van der Waals surface area contributed by atoms with Crippen molar-refractivity contribution < 1.29 is 4.79 Å². The Hall–Kier alpha value is -2.14. The largest absolute Gasteiger partial charge is 0.348 e. The van der Waals surface area contributed by atoms with E-state index >= 15 is 0 Å². The summed E-state index contributed by atoms with van der Waals surface area (Å²) >= 11 is 0. The molecule has 2 aliphatic heterocycles. The van der Waals surface area contributed by atoms with Crippen LogP contribution in [-0.4, -0.2) is 51.9 Å². The smallest absolute Gasteiger partial charge is 0.236 e. The van der Waals surface area contributed by atoms with Gasteiger partial charge in [-0.3, -0.25) is 9.69 Å². The Morgan fingerprint density at radius 3 is 2.96 bits per heavy atom. The van der Waals surface area contributed by atoms with Crippen LogP contribution in [0.2, 0.25) is 0 Å². The summed E-state index contributed by atoms with van der Waals surface area (Å²) in [6.45, 7) is 4.05. The van der Waals surface area contributed by atoms with E-state index in [2.05, 4.69) is 39.1 Å². The molecule has 1 saturated heterocycles. The van der Waals surface area contributed by atoms with Crippen LogP contribution in [0.15, 0.2) is 36.7 Å². The molecule has 1 aromatic heterocycles. The van der Waals surface area contributed by atoms with Gasteiger partial charge in [-0.05, 0) is 30.4 Å². The van der Waals surface area contributed by atoms with Crippen molar-refractivity contribution in [1.82, 2.24) is 19.8 Å². The van der Waals surface area contributed by atoms with Gasteiger partial charge in [-0.1, -0.05) is 24.3 Å². The fourth-order valence-electron chi connectivity index (χ4n) is 3.91. The van der Waals surface area contributed by atoms with Crippen molar-refractivity contribution in [2.24, 2.45) is 0 Å². The molecule has 1 atom stereocenters. The van der Waals surface area contributed by atoms with E-state index in [-0.39, 0.29) is 5.91 Å². The van der Waals surface area contributed by atoms with Crippen molar-refractivity contribution in [3.05, 3.63) is 53.6 Å². The maximum absolute atomic E-state index is 12.7. The minimum atomic E-state index is 0.255. The minimum Gasteiger partial charge on any atom is -0.348 e. The Morgan fingerprint density at radius 1 is 1.25 bits per heavy atom. The van der Waals surface area contributed by atoms with Crippen LogP contribution in [-0.2, 0) is 17.8 Å². The molecule has 1 fully saturated rings. The number of benzene rings is 1. The van der Waals surface area contributed by atoms with E-state index in [9.17, 15) is 4.79 Å². The number of amides is 1. The summed E-state index contributed by atoms with van der Waals surface area (Å²) in [5.41, 5.74) is 2.79. The van der Waals surface area contributed by atoms with E-state index in [1.165, 1.54) is 11.1 Å². The summed E-state index contributed by atoms with van der Waals surface area (Å²) in [4.78, 5) is 24.6. The van der Waals surface area contributed by atoms with Gasteiger partial charge in [-0.15, -0.1) is 0 Å². The van der Waals surface area contributed by atoms with E-state index in [0.717, 1.165) is 51.3 Å². The Balaban J connectivity index is 1.36. The fraction of sp³-hybridized carbons (Fsp3) is 0.474. The number of aromatic amines is 1. The van der Waals surface area contributed by atoms with Gasteiger partial charge in [0, 0.05) is 44.5 Å². The van der Waals surface area contributed by atoms with Crippen LogP contribution in [0.4, 0.5) is 0 Å². The molecule has 24 heavy (non-hydrogen) atoms. The fourth-order valence-corrected chi connectivity index (χ4v) is 3.91. The molecule has 126 valence electrons. The van der Waals surface area contributed by atoms with E-state index < -0.39 is 0 Å². The topological polar surface area (TPSA) is 52.2 Å². The molecule has 0 radical (unpaired) electrons. The molecule has 2 aliphatic rings. The van der Waals surface area contributed by atoms with E-state index in [1.54, 1.807) is 6.20 Å². The number of carbonyl (C=O) groups excluding carboxylic acids is 1. The van der Waals surface area contributed by atoms with Crippen molar-refractivity contribution in [1.29, 1.82) is 0 Å². The van der Waals surface area contributed by atoms with E-state index in [1.807, 2.05) is 11.1 Å². The lowest BCUT2D eigenvalue weighted by Crippen LogP contribution is -2.45. The standard InChI is InChI=1S/C19H24N4O/c24-18(14-22-11-7-15-4-1-2-5-16(15)12-22)23-10-3-6-17(13-23)19-20-8-9-21-19/h1-2,4-5,8-9,17H,3,6-7,10-14H2,(H,20,21)/t17-/m0/s1. The van der Waals surface area contributed by atoms with Crippen LogP contribution in [0.1, 0.15) is 35.7 Å². The molecule has 3 heterocycles. The first-order valence-electron chi connectivity index (χ1n) is 8.86. The molecule has 0 unspecified atom stereocenters. The van der Waals surface area contributed by atoms with E-state index in [4.69, 9.17) is 0 Å². The lowest BCUT2D eigenvalue weighted by atomic mass is 9.97. The maximum atomic E-state index is 12.7. The van der Waals surface area contributed by atoms with Crippen LogP contribution in [0.3, 0.4) is 0 Å². The Bertz CT molecular complexity index is 697. The number of aromatic nitrogens is 2. The summed E-state index contributed by atoms with van der Waals surface area (Å²) in [7, 11) is 0. The predicted molar refractivity (Wildman–Crippen MR) is 92.6 cm³/mol. The third kappa shape index (κ3) is 3.22. The molecule has 2 aromatic rings. The number of hydrogen-bond acceptors (Lipinski definition) is 3. The second-order valence-corrected chi connectivity index (χ2v) is 6.88. The van der Waals surface area contributed by atoms with Gasteiger partial charge in [-0.2, -0.15) is 0 Å². The number of nitrogens with zero attached hydrogens (tertiary/aromatic N) is 3. The molecule has 4 rings (SSSR count). The van der Waals surface area contributed by atoms with Crippen LogP contribution >= 0.6 is 0 Å². The molecule has 1 N–H and O–H groups in total. The van der Waals surface area contributed by atoms with Crippen LogP contribution in [0.5, 0.6) is 0 Å². The van der Waals surface area contributed by atoms with Gasteiger partial charge in [0.05, 0.1) is 6.54 Å². The average molecular weight is 324 g/mol. The highest BCUT2D eigenvalue weighted by atomic mass is 16.2. The molecule has 0 saturated carbocycles. The van der Waals surface area contributed by atoms with Crippen molar-refractivity contribution in [3.63, 3.8) is 0 Å². The molecule has 0 bridgehead atoms. The lowest BCUT2D eigenvalue weighted by Gasteiger charge is -2.34. The summed E-state index contributed by atoms with van der Waals surface area (Å²) in [6, 6.07) is 8.57. The quantitative estimate of drug-likeness (QED) is 0.941. The Kier molecular flexibility index (Phi) is 4.34. The first-order chi connectivity index (χ1) is 11.8. The zero-order chi connectivity index (χ0) is 16.4. The number of carbonyl (C=O) groups is 1. The van der Waals surface area contributed by atoms with Crippen molar-refractivity contribution in [3.8, 4) is 0 Å².